The first-order valence-corrected chi connectivity index (χ1v) is 12.4. The van der Waals surface area contributed by atoms with Crippen molar-refractivity contribution in [2.75, 3.05) is 18.5 Å². The van der Waals surface area contributed by atoms with E-state index in [-0.39, 0.29) is 42.2 Å². The molecule has 10 nitrogen and oxygen atoms in total. The highest BCUT2D eigenvalue weighted by atomic mass is 32.1. The predicted octanol–water partition coefficient (Wildman–Crippen LogP) is 2.36. The average molecular weight is 526 g/mol. The number of thiocarbonyl (C=S) groups is 1. The van der Waals surface area contributed by atoms with E-state index in [1.165, 1.54) is 16.8 Å². The summed E-state index contributed by atoms with van der Waals surface area (Å²) in [4.78, 5) is 51.3. The summed E-state index contributed by atoms with van der Waals surface area (Å²) >= 11 is 5.54. The van der Waals surface area contributed by atoms with Crippen LogP contribution in [0.1, 0.15) is 38.7 Å². The molecule has 37 heavy (non-hydrogen) atoms. The molecule has 0 bridgehead atoms. The van der Waals surface area contributed by atoms with E-state index in [9.17, 15) is 19.2 Å². The van der Waals surface area contributed by atoms with Crippen LogP contribution >= 0.6 is 12.2 Å². The number of benzene rings is 2. The summed E-state index contributed by atoms with van der Waals surface area (Å²) in [5.74, 6) is -0.745. The molecule has 3 rings (SSSR count). The fraction of sp³-hybridized carbons (Fsp3) is 0.346. The summed E-state index contributed by atoms with van der Waals surface area (Å²) in [6.45, 7) is 4.31. The number of rotatable bonds is 12. The summed E-state index contributed by atoms with van der Waals surface area (Å²) in [6, 6.07) is 15.3. The van der Waals surface area contributed by atoms with Gasteiger partial charge in [0, 0.05) is 31.6 Å². The minimum absolute atomic E-state index is 0.107. The number of hydrazine groups is 1. The summed E-state index contributed by atoms with van der Waals surface area (Å²) in [7, 11) is 0. The van der Waals surface area contributed by atoms with Gasteiger partial charge in [0.25, 0.3) is 5.91 Å². The van der Waals surface area contributed by atoms with Crippen molar-refractivity contribution in [3.8, 4) is 5.75 Å². The predicted molar refractivity (Wildman–Crippen MR) is 142 cm³/mol. The Hall–Kier alpha value is -3.99. The molecule has 0 spiro atoms. The van der Waals surface area contributed by atoms with Crippen molar-refractivity contribution in [3.05, 3.63) is 60.2 Å². The van der Waals surface area contributed by atoms with Gasteiger partial charge >= 0.3 is 0 Å². The van der Waals surface area contributed by atoms with Gasteiger partial charge in [-0.25, -0.2) is 5.01 Å². The second-order valence-electron chi connectivity index (χ2n) is 8.41. The molecule has 2 aromatic rings. The molecule has 0 unspecified atom stereocenters. The second kappa shape index (κ2) is 13.4. The molecule has 1 heterocycles. The first-order valence-electron chi connectivity index (χ1n) is 12.0. The number of carbonyl (C=O) groups excluding carboxylic acids is 4. The van der Waals surface area contributed by atoms with Crippen molar-refractivity contribution in [1.82, 2.24) is 20.7 Å². The largest absolute Gasteiger partial charge is 0.494 e. The van der Waals surface area contributed by atoms with Crippen LogP contribution in [-0.2, 0) is 25.7 Å². The molecule has 1 saturated heterocycles. The van der Waals surface area contributed by atoms with Gasteiger partial charge in [0.2, 0.25) is 17.7 Å². The monoisotopic (exact) mass is 525 g/mol. The molecule has 0 saturated carbocycles. The minimum Gasteiger partial charge on any atom is -0.494 e. The topological polar surface area (TPSA) is 120 Å². The Balaban J connectivity index is 1.72. The average Bonchev–Trinajstić information content (AvgIpc) is 3.07. The number of hydrogen-bond donors (Lipinski definition) is 3. The molecule has 4 amide bonds. The highest BCUT2D eigenvalue weighted by Crippen LogP contribution is 2.23. The van der Waals surface area contributed by atoms with Crippen molar-refractivity contribution >= 4 is 46.6 Å². The first kappa shape index (κ1) is 27.6. The fourth-order valence-electron chi connectivity index (χ4n) is 3.79. The molecule has 3 N–H and O–H groups in total. The van der Waals surface area contributed by atoms with Crippen molar-refractivity contribution in [3.63, 3.8) is 0 Å². The lowest BCUT2D eigenvalue weighted by Gasteiger charge is -2.24. The highest BCUT2D eigenvalue weighted by molar-refractivity contribution is 7.80. The summed E-state index contributed by atoms with van der Waals surface area (Å²) in [5, 5.41) is 6.81. The van der Waals surface area contributed by atoms with E-state index < -0.39 is 11.9 Å². The van der Waals surface area contributed by atoms with Gasteiger partial charge in [-0.1, -0.05) is 36.4 Å². The Kier molecular flexibility index (Phi) is 9.96. The lowest BCUT2D eigenvalue weighted by Crippen LogP contribution is -2.49. The Labute approximate surface area is 221 Å². The maximum absolute atomic E-state index is 13.4. The normalized spacial score (nSPS) is 14.9. The molecular weight excluding hydrogens is 494 g/mol. The van der Waals surface area contributed by atoms with Gasteiger partial charge < -0.3 is 15.4 Å². The van der Waals surface area contributed by atoms with Crippen LogP contribution in [0.25, 0.3) is 0 Å². The highest BCUT2D eigenvalue weighted by Gasteiger charge is 2.44. The SMILES string of the molecule is CCOc1cccc(NC(=O)C[C@@H]2C(=O)N(Cc3ccccc3)C(=S)N2NC(=O)CCCNC(C)=O)c1. The third kappa shape index (κ3) is 8.01. The van der Waals surface area contributed by atoms with Gasteiger partial charge in [-0.15, -0.1) is 0 Å². The number of nitrogens with one attached hydrogen (secondary N) is 3. The lowest BCUT2D eigenvalue weighted by atomic mass is 10.1. The van der Waals surface area contributed by atoms with E-state index in [1.807, 2.05) is 37.3 Å². The number of nitrogens with zero attached hydrogens (tertiary/aromatic N) is 2. The molecular formula is C26H31N5O5S. The van der Waals surface area contributed by atoms with E-state index in [0.717, 1.165) is 5.56 Å². The van der Waals surface area contributed by atoms with Crippen LogP contribution in [0.3, 0.4) is 0 Å². The Morgan fingerprint density at radius 1 is 1.05 bits per heavy atom. The smallest absolute Gasteiger partial charge is 0.254 e. The number of ether oxygens (including phenoxy) is 1. The van der Waals surface area contributed by atoms with E-state index in [1.54, 1.807) is 24.3 Å². The third-order valence-corrected chi connectivity index (χ3v) is 5.91. The quantitative estimate of drug-likeness (QED) is 0.287. The van der Waals surface area contributed by atoms with Crippen molar-refractivity contribution < 1.29 is 23.9 Å². The van der Waals surface area contributed by atoms with Crippen LogP contribution in [-0.4, -0.2) is 57.8 Å². The lowest BCUT2D eigenvalue weighted by molar-refractivity contribution is -0.133. The van der Waals surface area contributed by atoms with E-state index in [2.05, 4.69) is 16.1 Å². The standard InChI is InChI=1S/C26H31N5O5S/c1-3-36-21-12-7-11-20(15-21)28-24(34)16-22-25(35)30(17-19-9-5-4-6-10-19)26(37)31(22)29-23(33)13-8-14-27-18(2)32/h4-7,9-12,15,22H,3,8,13-14,16-17H2,1-2H3,(H,27,32)(H,28,34)(H,29,33)/t22-/m1/s1. The van der Waals surface area contributed by atoms with Crippen molar-refractivity contribution in [1.29, 1.82) is 0 Å². The molecule has 1 fully saturated rings. The van der Waals surface area contributed by atoms with Crippen LogP contribution in [0.15, 0.2) is 54.6 Å². The molecule has 0 aliphatic carbocycles. The molecule has 1 aliphatic heterocycles. The van der Waals surface area contributed by atoms with Gasteiger partial charge in [0.05, 0.1) is 19.6 Å². The molecule has 11 heteroatoms. The summed E-state index contributed by atoms with van der Waals surface area (Å²) < 4.78 is 5.47. The third-order valence-electron chi connectivity index (χ3n) is 5.49. The molecule has 1 atom stereocenters. The molecule has 0 aromatic heterocycles. The van der Waals surface area contributed by atoms with E-state index in [4.69, 9.17) is 17.0 Å². The van der Waals surface area contributed by atoms with Gasteiger partial charge in [-0.3, -0.25) is 29.5 Å². The maximum atomic E-state index is 13.4. The Morgan fingerprint density at radius 2 is 1.81 bits per heavy atom. The van der Waals surface area contributed by atoms with Crippen LogP contribution in [0, 0.1) is 0 Å². The number of anilines is 1. The van der Waals surface area contributed by atoms with Crippen LogP contribution in [0.5, 0.6) is 5.75 Å². The fourth-order valence-corrected chi connectivity index (χ4v) is 4.11. The van der Waals surface area contributed by atoms with Crippen LogP contribution in [0.4, 0.5) is 5.69 Å². The van der Waals surface area contributed by atoms with Crippen molar-refractivity contribution in [2.24, 2.45) is 0 Å². The molecule has 1 aliphatic rings. The number of hydrogen-bond acceptors (Lipinski definition) is 6. The first-order chi connectivity index (χ1) is 17.8. The Bertz CT molecular complexity index is 1140. The Morgan fingerprint density at radius 3 is 2.51 bits per heavy atom. The molecule has 2 aromatic carbocycles. The zero-order valence-corrected chi connectivity index (χ0v) is 21.7. The zero-order valence-electron chi connectivity index (χ0n) is 20.9. The van der Waals surface area contributed by atoms with E-state index >= 15 is 0 Å². The van der Waals surface area contributed by atoms with Gasteiger partial charge in [-0.2, -0.15) is 0 Å². The van der Waals surface area contributed by atoms with Gasteiger partial charge in [0.1, 0.15) is 11.8 Å². The molecule has 0 radical (unpaired) electrons. The second-order valence-corrected chi connectivity index (χ2v) is 8.78. The number of amides is 4. The van der Waals surface area contributed by atoms with Gasteiger partial charge in [0.15, 0.2) is 5.11 Å². The summed E-state index contributed by atoms with van der Waals surface area (Å²) in [6.07, 6.45) is 0.291. The van der Waals surface area contributed by atoms with Crippen molar-refractivity contribution in [2.45, 2.75) is 45.7 Å². The molecule has 196 valence electrons. The van der Waals surface area contributed by atoms with E-state index in [0.29, 0.717) is 31.0 Å². The minimum atomic E-state index is -1.01. The summed E-state index contributed by atoms with van der Waals surface area (Å²) in [5.41, 5.74) is 4.07. The van der Waals surface area contributed by atoms with Crippen LogP contribution < -0.4 is 20.8 Å². The maximum Gasteiger partial charge on any atom is 0.254 e. The van der Waals surface area contributed by atoms with Crippen LogP contribution in [0.2, 0.25) is 0 Å². The zero-order chi connectivity index (χ0) is 26.8. The number of carbonyl (C=O) groups is 4. The van der Waals surface area contributed by atoms with Gasteiger partial charge in [-0.05, 0) is 43.3 Å².